The Morgan fingerprint density at radius 2 is 2.04 bits per heavy atom. The molecule has 0 radical (unpaired) electrons. The van der Waals surface area contributed by atoms with Crippen molar-refractivity contribution in [2.24, 2.45) is 0 Å². The van der Waals surface area contributed by atoms with Gasteiger partial charge in [-0.05, 0) is 24.6 Å². The van der Waals surface area contributed by atoms with Crippen molar-refractivity contribution in [3.8, 4) is 23.4 Å². The predicted molar refractivity (Wildman–Crippen MR) is 82.5 cm³/mol. The lowest BCUT2D eigenvalue weighted by molar-refractivity contribution is 0.0596. The molecule has 0 aliphatic heterocycles. The number of hydrogen-bond donors (Lipinski definition) is 1. The van der Waals surface area contributed by atoms with Gasteiger partial charge in [0.15, 0.2) is 11.5 Å². The summed E-state index contributed by atoms with van der Waals surface area (Å²) in [5, 5.41) is 8.92. The SMILES string of the molecule is COC(=O)c1c(Oc2ccc(C#N)cc2OC)ncc(N)c1C. The number of benzene rings is 1. The molecule has 0 saturated heterocycles. The van der Waals surface area contributed by atoms with Crippen molar-refractivity contribution in [1.29, 1.82) is 5.26 Å². The molecule has 0 spiro atoms. The standard InChI is InChI=1S/C16H15N3O4/c1-9-11(18)8-19-15(14(9)16(20)22-3)23-12-5-4-10(7-17)6-13(12)21-2/h4-6,8H,18H2,1-3H3. The number of carbonyl (C=O) groups excluding carboxylic acids is 1. The van der Waals surface area contributed by atoms with Crippen LogP contribution in [0, 0.1) is 18.3 Å². The maximum Gasteiger partial charge on any atom is 0.343 e. The number of rotatable bonds is 4. The Morgan fingerprint density at radius 3 is 2.65 bits per heavy atom. The monoisotopic (exact) mass is 313 g/mol. The summed E-state index contributed by atoms with van der Waals surface area (Å²) in [6.07, 6.45) is 1.40. The number of nitrogens with zero attached hydrogens (tertiary/aromatic N) is 2. The summed E-state index contributed by atoms with van der Waals surface area (Å²) in [6.45, 7) is 1.67. The van der Waals surface area contributed by atoms with Crippen LogP contribution in [0.5, 0.6) is 17.4 Å². The molecule has 118 valence electrons. The Kier molecular flexibility index (Phi) is 4.66. The van der Waals surface area contributed by atoms with Crippen LogP contribution in [0.1, 0.15) is 21.5 Å². The number of aromatic nitrogens is 1. The lowest BCUT2D eigenvalue weighted by Crippen LogP contribution is -2.10. The first kappa shape index (κ1) is 16.1. The first-order valence-corrected chi connectivity index (χ1v) is 6.61. The molecule has 2 N–H and O–H groups in total. The van der Waals surface area contributed by atoms with Crippen LogP contribution < -0.4 is 15.2 Å². The Hall–Kier alpha value is -3.27. The van der Waals surface area contributed by atoms with E-state index in [0.29, 0.717) is 28.3 Å². The van der Waals surface area contributed by atoms with E-state index in [1.54, 1.807) is 19.1 Å². The predicted octanol–water partition coefficient (Wildman–Crippen LogP) is 2.43. The van der Waals surface area contributed by atoms with E-state index in [0.717, 1.165) is 0 Å². The highest BCUT2D eigenvalue weighted by Gasteiger charge is 2.21. The van der Waals surface area contributed by atoms with Crippen LogP contribution in [0.25, 0.3) is 0 Å². The van der Waals surface area contributed by atoms with E-state index in [4.69, 9.17) is 25.2 Å². The molecular weight excluding hydrogens is 298 g/mol. The van der Waals surface area contributed by atoms with Crippen LogP contribution in [0.15, 0.2) is 24.4 Å². The fourth-order valence-corrected chi connectivity index (χ4v) is 1.94. The van der Waals surface area contributed by atoms with Gasteiger partial charge in [-0.2, -0.15) is 5.26 Å². The van der Waals surface area contributed by atoms with Crippen LogP contribution in [0.4, 0.5) is 5.69 Å². The van der Waals surface area contributed by atoms with Crippen molar-refractivity contribution in [2.45, 2.75) is 6.92 Å². The van der Waals surface area contributed by atoms with Gasteiger partial charge in [-0.15, -0.1) is 0 Å². The molecule has 2 rings (SSSR count). The zero-order chi connectivity index (χ0) is 17.0. The van der Waals surface area contributed by atoms with Crippen LogP contribution in [0.3, 0.4) is 0 Å². The molecular formula is C16H15N3O4. The zero-order valence-corrected chi connectivity index (χ0v) is 12.9. The minimum absolute atomic E-state index is 0.0477. The van der Waals surface area contributed by atoms with Gasteiger partial charge >= 0.3 is 5.97 Å². The largest absolute Gasteiger partial charge is 0.493 e. The van der Waals surface area contributed by atoms with Gasteiger partial charge in [0.05, 0.1) is 37.7 Å². The van der Waals surface area contributed by atoms with Gasteiger partial charge in [0.25, 0.3) is 0 Å². The quantitative estimate of drug-likeness (QED) is 0.863. The van der Waals surface area contributed by atoms with Gasteiger partial charge in [0, 0.05) is 6.07 Å². The molecule has 23 heavy (non-hydrogen) atoms. The molecule has 0 saturated carbocycles. The van der Waals surface area contributed by atoms with E-state index in [1.807, 2.05) is 6.07 Å². The molecule has 1 aromatic heterocycles. The summed E-state index contributed by atoms with van der Waals surface area (Å²) in [6, 6.07) is 6.66. The second-order valence-corrected chi connectivity index (χ2v) is 4.59. The Morgan fingerprint density at radius 1 is 1.30 bits per heavy atom. The summed E-state index contributed by atoms with van der Waals surface area (Å²) >= 11 is 0. The number of hydrogen-bond acceptors (Lipinski definition) is 7. The molecule has 0 bridgehead atoms. The topological polar surface area (TPSA) is 107 Å². The van der Waals surface area contributed by atoms with Crippen molar-refractivity contribution in [2.75, 3.05) is 20.0 Å². The second kappa shape index (κ2) is 6.66. The number of nitrogens with two attached hydrogens (primary N) is 1. The fourth-order valence-electron chi connectivity index (χ4n) is 1.94. The lowest BCUT2D eigenvalue weighted by Gasteiger charge is -2.14. The number of carbonyl (C=O) groups is 1. The van der Waals surface area contributed by atoms with E-state index < -0.39 is 5.97 Å². The van der Waals surface area contributed by atoms with Crippen molar-refractivity contribution >= 4 is 11.7 Å². The van der Waals surface area contributed by atoms with Gasteiger partial charge in [0.1, 0.15) is 5.56 Å². The van der Waals surface area contributed by atoms with Crippen molar-refractivity contribution in [1.82, 2.24) is 4.98 Å². The minimum Gasteiger partial charge on any atom is -0.493 e. The minimum atomic E-state index is -0.607. The Balaban J connectivity index is 2.51. The lowest BCUT2D eigenvalue weighted by atomic mass is 10.1. The summed E-state index contributed by atoms with van der Waals surface area (Å²) in [5.41, 5.74) is 7.20. The number of nitrogen functional groups attached to an aromatic ring is 1. The van der Waals surface area contributed by atoms with Crippen molar-refractivity contribution in [3.05, 3.63) is 41.1 Å². The van der Waals surface area contributed by atoms with E-state index >= 15 is 0 Å². The summed E-state index contributed by atoms with van der Waals surface area (Å²) in [4.78, 5) is 16.0. The van der Waals surface area contributed by atoms with Gasteiger partial charge in [0.2, 0.25) is 5.88 Å². The molecule has 0 fully saturated rings. The van der Waals surface area contributed by atoms with Crippen molar-refractivity contribution < 1.29 is 19.0 Å². The van der Waals surface area contributed by atoms with E-state index in [2.05, 4.69) is 4.98 Å². The number of esters is 1. The average molecular weight is 313 g/mol. The molecule has 2 aromatic rings. The third-order valence-electron chi connectivity index (χ3n) is 3.23. The van der Waals surface area contributed by atoms with Crippen molar-refractivity contribution in [3.63, 3.8) is 0 Å². The maximum absolute atomic E-state index is 12.0. The Labute approximate surface area is 133 Å². The van der Waals surface area contributed by atoms with E-state index in [1.165, 1.54) is 26.5 Å². The molecule has 0 unspecified atom stereocenters. The molecule has 1 aromatic carbocycles. The van der Waals surface area contributed by atoms with Gasteiger partial charge in [-0.1, -0.05) is 0 Å². The molecule has 0 amide bonds. The molecule has 0 atom stereocenters. The Bertz CT molecular complexity index is 797. The van der Waals surface area contributed by atoms with Crippen LogP contribution in [-0.4, -0.2) is 25.2 Å². The zero-order valence-electron chi connectivity index (χ0n) is 12.9. The van der Waals surface area contributed by atoms with Gasteiger partial charge in [-0.25, -0.2) is 9.78 Å². The molecule has 1 heterocycles. The van der Waals surface area contributed by atoms with Crippen LogP contribution >= 0.6 is 0 Å². The number of anilines is 1. The highest BCUT2D eigenvalue weighted by atomic mass is 16.5. The number of methoxy groups -OCH3 is 2. The fraction of sp³-hybridized carbons (Fsp3) is 0.188. The highest BCUT2D eigenvalue weighted by molar-refractivity contribution is 5.95. The molecule has 7 nitrogen and oxygen atoms in total. The van der Waals surface area contributed by atoms with Crippen LogP contribution in [0.2, 0.25) is 0 Å². The number of nitriles is 1. The summed E-state index contributed by atoms with van der Waals surface area (Å²) in [5.74, 6) is 0.0981. The van der Waals surface area contributed by atoms with E-state index in [9.17, 15) is 4.79 Å². The average Bonchev–Trinajstić information content (AvgIpc) is 2.58. The van der Waals surface area contributed by atoms with Gasteiger partial charge in [-0.3, -0.25) is 0 Å². The third kappa shape index (κ3) is 3.16. The highest BCUT2D eigenvalue weighted by Crippen LogP contribution is 2.34. The molecule has 0 aliphatic carbocycles. The normalized spacial score (nSPS) is 9.83. The first-order chi connectivity index (χ1) is 11.0. The van der Waals surface area contributed by atoms with Gasteiger partial charge < -0.3 is 19.9 Å². The third-order valence-corrected chi connectivity index (χ3v) is 3.23. The summed E-state index contributed by atoms with van der Waals surface area (Å²) < 4.78 is 15.6. The van der Waals surface area contributed by atoms with Crippen LogP contribution in [-0.2, 0) is 4.74 Å². The number of ether oxygens (including phenoxy) is 3. The molecule has 0 aliphatic rings. The smallest absolute Gasteiger partial charge is 0.343 e. The van der Waals surface area contributed by atoms with E-state index in [-0.39, 0.29) is 11.4 Å². The second-order valence-electron chi connectivity index (χ2n) is 4.59. The molecule has 7 heteroatoms. The summed E-state index contributed by atoms with van der Waals surface area (Å²) in [7, 11) is 2.71. The first-order valence-electron chi connectivity index (χ1n) is 6.61. The number of pyridine rings is 1. The maximum atomic E-state index is 12.0.